The van der Waals surface area contributed by atoms with E-state index in [0.29, 0.717) is 19.4 Å². The first kappa shape index (κ1) is 10.4. The number of aliphatic hydroxyl groups excluding tert-OH is 2. The molecule has 0 aromatic heterocycles. The highest BCUT2D eigenvalue weighted by Gasteiger charge is 2.31. The zero-order chi connectivity index (χ0) is 9.84. The maximum atomic E-state index is 11.3. The SMILES string of the molecule is NCCCC(=O)N1CC(O)C(O)C1. The van der Waals surface area contributed by atoms with Gasteiger partial charge in [-0.25, -0.2) is 0 Å². The number of aliphatic hydroxyl groups is 2. The molecule has 0 aromatic carbocycles. The van der Waals surface area contributed by atoms with Gasteiger partial charge in [-0.2, -0.15) is 0 Å². The summed E-state index contributed by atoms with van der Waals surface area (Å²) in [6.45, 7) is 0.972. The molecular weight excluding hydrogens is 172 g/mol. The first-order chi connectivity index (χ1) is 6.15. The van der Waals surface area contributed by atoms with E-state index < -0.39 is 12.2 Å². The Morgan fingerprint density at radius 2 is 1.92 bits per heavy atom. The average molecular weight is 188 g/mol. The molecule has 1 amide bonds. The van der Waals surface area contributed by atoms with Gasteiger partial charge in [0.15, 0.2) is 0 Å². The Labute approximate surface area is 77.1 Å². The third-order valence-corrected chi connectivity index (χ3v) is 2.21. The molecule has 5 heteroatoms. The van der Waals surface area contributed by atoms with Gasteiger partial charge in [0.25, 0.3) is 0 Å². The van der Waals surface area contributed by atoms with Crippen LogP contribution in [0, 0.1) is 0 Å². The Hall–Kier alpha value is -0.650. The standard InChI is InChI=1S/C8H16N2O3/c9-3-1-2-8(13)10-4-6(11)7(12)5-10/h6-7,11-12H,1-5,9H2. The fraction of sp³-hybridized carbons (Fsp3) is 0.875. The number of carbonyl (C=O) groups excluding carboxylic acids is 1. The van der Waals surface area contributed by atoms with E-state index in [0.717, 1.165) is 0 Å². The first-order valence-electron chi connectivity index (χ1n) is 4.49. The predicted octanol–water partition coefficient (Wildman–Crippen LogP) is -1.71. The second kappa shape index (κ2) is 4.55. The van der Waals surface area contributed by atoms with Crippen LogP contribution in [0.25, 0.3) is 0 Å². The highest BCUT2D eigenvalue weighted by atomic mass is 16.3. The molecule has 1 saturated heterocycles. The van der Waals surface area contributed by atoms with Crippen molar-refractivity contribution in [2.75, 3.05) is 19.6 Å². The van der Waals surface area contributed by atoms with Crippen molar-refractivity contribution in [1.82, 2.24) is 4.90 Å². The highest BCUT2D eigenvalue weighted by molar-refractivity contribution is 5.76. The summed E-state index contributed by atoms with van der Waals surface area (Å²) in [5.41, 5.74) is 5.26. The van der Waals surface area contributed by atoms with E-state index in [1.54, 1.807) is 0 Å². The van der Waals surface area contributed by atoms with E-state index in [4.69, 9.17) is 5.73 Å². The van der Waals surface area contributed by atoms with Crippen molar-refractivity contribution >= 4 is 5.91 Å². The third kappa shape index (κ3) is 2.65. The van der Waals surface area contributed by atoms with Gasteiger partial charge in [-0.15, -0.1) is 0 Å². The molecule has 5 nitrogen and oxygen atoms in total. The van der Waals surface area contributed by atoms with Gasteiger partial charge >= 0.3 is 0 Å². The number of likely N-dealkylation sites (tertiary alicyclic amines) is 1. The van der Waals surface area contributed by atoms with E-state index in [2.05, 4.69) is 0 Å². The lowest BCUT2D eigenvalue weighted by atomic mass is 10.3. The number of hydrogen-bond donors (Lipinski definition) is 3. The number of carbonyl (C=O) groups is 1. The van der Waals surface area contributed by atoms with Crippen LogP contribution in [0.2, 0.25) is 0 Å². The Kier molecular flexibility index (Phi) is 3.65. The Morgan fingerprint density at radius 3 is 2.38 bits per heavy atom. The van der Waals surface area contributed by atoms with Crippen LogP contribution in [0.4, 0.5) is 0 Å². The molecule has 1 fully saturated rings. The minimum atomic E-state index is -0.790. The lowest BCUT2D eigenvalue weighted by Gasteiger charge is -2.14. The maximum absolute atomic E-state index is 11.3. The van der Waals surface area contributed by atoms with Crippen LogP contribution >= 0.6 is 0 Å². The average Bonchev–Trinajstić information content (AvgIpc) is 2.43. The topological polar surface area (TPSA) is 86.8 Å². The van der Waals surface area contributed by atoms with Crippen molar-refractivity contribution in [3.8, 4) is 0 Å². The Bertz CT molecular complexity index is 176. The molecule has 0 radical (unpaired) electrons. The molecule has 1 aliphatic heterocycles. The molecule has 1 heterocycles. The zero-order valence-electron chi connectivity index (χ0n) is 7.52. The molecule has 0 bridgehead atoms. The Balaban J connectivity index is 2.33. The van der Waals surface area contributed by atoms with Gasteiger partial charge in [0, 0.05) is 19.5 Å². The van der Waals surface area contributed by atoms with Crippen molar-refractivity contribution in [2.45, 2.75) is 25.0 Å². The highest BCUT2D eigenvalue weighted by Crippen LogP contribution is 2.11. The lowest BCUT2D eigenvalue weighted by molar-refractivity contribution is -0.130. The fourth-order valence-corrected chi connectivity index (χ4v) is 1.38. The molecule has 76 valence electrons. The summed E-state index contributed by atoms with van der Waals surface area (Å²) in [4.78, 5) is 12.8. The van der Waals surface area contributed by atoms with Crippen molar-refractivity contribution < 1.29 is 15.0 Å². The van der Waals surface area contributed by atoms with Crippen LogP contribution < -0.4 is 5.73 Å². The quantitative estimate of drug-likeness (QED) is 0.492. The second-order valence-electron chi connectivity index (χ2n) is 3.33. The monoisotopic (exact) mass is 188 g/mol. The molecule has 4 N–H and O–H groups in total. The van der Waals surface area contributed by atoms with Gasteiger partial charge in [0.1, 0.15) is 0 Å². The van der Waals surface area contributed by atoms with Crippen LogP contribution in [0.3, 0.4) is 0 Å². The van der Waals surface area contributed by atoms with Crippen molar-refractivity contribution in [3.63, 3.8) is 0 Å². The van der Waals surface area contributed by atoms with Crippen LogP contribution in [0.1, 0.15) is 12.8 Å². The molecule has 0 saturated carbocycles. The zero-order valence-corrected chi connectivity index (χ0v) is 7.52. The molecule has 0 aliphatic carbocycles. The summed E-state index contributed by atoms with van der Waals surface area (Å²) in [6, 6.07) is 0. The third-order valence-electron chi connectivity index (χ3n) is 2.21. The lowest BCUT2D eigenvalue weighted by Crippen LogP contribution is -2.29. The molecule has 2 unspecified atom stereocenters. The van der Waals surface area contributed by atoms with Crippen molar-refractivity contribution in [1.29, 1.82) is 0 Å². The van der Waals surface area contributed by atoms with E-state index in [9.17, 15) is 15.0 Å². The summed E-state index contributed by atoms with van der Waals surface area (Å²) in [6.07, 6.45) is -0.527. The summed E-state index contributed by atoms with van der Waals surface area (Å²) in [5, 5.41) is 18.3. The van der Waals surface area contributed by atoms with Gasteiger partial charge < -0.3 is 20.8 Å². The molecule has 2 atom stereocenters. The minimum absolute atomic E-state index is 0.0407. The number of nitrogens with zero attached hydrogens (tertiary/aromatic N) is 1. The van der Waals surface area contributed by atoms with Gasteiger partial charge in [-0.3, -0.25) is 4.79 Å². The number of hydrogen-bond acceptors (Lipinski definition) is 4. The predicted molar refractivity (Wildman–Crippen MR) is 46.9 cm³/mol. The number of nitrogens with two attached hydrogens (primary N) is 1. The molecular formula is C8H16N2O3. The van der Waals surface area contributed by atoms with E-state index >= 15 is 0 Å². The van der Waals surface area contributed by atoms with Crippen molar-refractivity contribution in [2.24, 2.45) is 5.73 Å². The summed E-state index contributed by atoms with van der Waals surface area (Å²) in [5.74, 6) is -0.0407. The van der Waals surface area contributed by atoms with Crippen LogP contribution in [0.15, 0.2) is 0 Å². The summed E-state index contributed by atoms with van der Waals surface area (Å²) >= 11 is 0. The second-order valence-corrected chi connectivity index (χ2v) is 3.33. The molecule has 1 rings (SSSR count). The summed E-state index contributed by atoms with van der Waals surface area (Å²) in [7, 11) is 0. The van der Waals surface area contributed by atoms with E-state index in [1.165, 1.54) is 4.90 Å². The number of rotatable bonds is 3. The van der Waals surface area contributed by atoms with Gasteiger partial charge in [-0.05, 0) is 13.0 Å². The number of amides is 1. The van der Waals surface area contributed by atoms with Gasteiger partial charge in [0.05, 0.1) is 12.2 Å². The molecule has 0 aromatic rings. The smallest absolute Gasteiger partial charge is 0.222 e. The molecule has 0 spiro atoms. The largest absolute Gasteiger partial charge is 0.388 e. The Morgan fingerprint density at radius 1 is 1.38 bits per heavy atom. The molecule has 1 aliphatic rings. The van der Waals surface area contributed by atoms with Crippen LogP contribution in [-0.4, -0.2) is 52.9 Å². The first-order valence-corrected chi connectivity index (χ1v) is 4.49. The fourth-order valence-electron chi connectivity index (χ4n) is 1.38. The number of β-amino-alcohol motifs (C(OH)–C–C–N with tert-alkyl or cyclic N) is 2. The van der Waals surface area contributed by atoms with Gasteiger partial charge in [-0.1, -0.05) is 0 Å². The normalized spacial score (nSPS) is 28.1. The minimum Gasteiger partial charge on any atom is -0.388 e. The maximum Gasteiger partial charge on any atom is 0.222 e. The van der Waals surface area contributed by atoms with Gasteiger partial charge in [0.2, 0.25) is 5.91 Å². The van der Waals surface area contributed by atoms with E-state index in [-0.39, 0.29) is 19.0 Å². The van der Waals surface area contributed by atoms with Crippen LogP contribution in [-0.2, 0) is 4.79 Å². The van der Waals surface area contributed by atoms with Crippen molar-refractivity contribution in [3.05, 3.63) is 0 Å². The van der Waals surface area contributed by atoms with E-state index in [1.807, 2.05) is 0 Å². The summed E-state index contributed by atoms with van der Waals surface area (Å²) < 4.78 is 0. The van der Waals surface area contributed by atoms with Crippen LogP contribution in [0.5, 0.6) is 0 Å². The molecule has 13 heavy (non-hydrogen) atoms.